The third-order valence-electron chi connectivity index (χ3n) is 3.86. The van der Waals surface area contributed by atoms with Crippen LogP contribution in [0.5, 0.6) is 0 Å². The van der Waals surface area contributed by atoms with Crippen LogP contribution >= 0.6 is 34.9 Å². The van der Waals surface area contributed by atoms with E-state index in [1.165, 1.54) is 9.60 Å². The monoisotopic (exact) mass is 404 g/mol. The molecular formula is C17H18N5OS3+. The molecule has 134 valence electrons. The zero-order chi connectivity index (χ0) is 18.1. The van der Waals surface area contributed by atoms with Crippen LogP contribution < -0.4 is 4.90 Å². The summed E-state index contributed by atoms with van der Waals surface area (Å²) in [7, 11) is 2.10. The Morgan fingerprint density at radius 2 is 2.12 bits per heavy atom. The minimum atomic E-state index is 0.399. The second kappa shape index (κ2) is 7.36. The summed E-state index contributed by atoms with van der Waals surface area (Å²) < 4.78 is 8.59. The maximum absolute atomic E-state index is 5.63. The molecule has 1 N–H and O–H groups in total. The van der Waals surface area contributed by atoms with Crippen molar-refractivity contribution in [1.82, 2.24) is 19.7 Å². The lowest BCUT2D eigenvalue weighted by atomic mass is 10.3. The Morgan fingerprint density at radius 1 is 1.27 bits per heavy atom. The summed E-state index contributed by atoms with van der Waals surface area (Å²) in [6.45, 7) is 3.44. The highest BCUT2D eigenvalue weighted by atomic mass is 32.1. The summed E-state index contributed by atoms with van der Waals surface area (Å²) >= 11 is 8.68. The third kappa shape index (κ3) is 3.90. The van der Waals surface area contributed by atoms with Gasteiger partial charge >= 0.3 is 0 Å². The summed E-state index contributed by atoms with van der Waals surface area (Å²) in [6, 6.07) is 8.21. The van der Waals surface area contributed by atoms with Crippen molar-refractivity contribution < 1.29 is 9.32 Å². The second-order valence-corrected chi connectivity index (χ2v) is 8.69. The first kappa shape index (κ1) is 17.5. The van der Waals surface area contributed by atoms with E-state index < -0.39 is 0 Å². The van der Waals surface area contributed by atoms with Crippen molar-refractivity contribution >= 4 is 45.1 Å². The van der Waals surface area contributed by atoms with Crippen molar-refractivity contribution in [2.75, 3.05) is 7.05 Å². The number of benzene rings is 1. The average Bonchev–Trinajstić information content (AvgIpc) is 3.27. The lowest BCUT2D eigenvalue weighted by Gasteiger charge is -2.11. The number of para-hydroxylation sites is 1. The minimum absolute atomic E-state index is 0.399. The number of quaternary nitrogens is 1. The number of thiazole rings is 2. The van der Waals surface area contributed by atoms with Crippen molar-refractivity contribution in [2.24, 2.45) is 0 Å². The van der Waals surface area contributed by atoms with Crippen LogP contribution in [0.25, 0.3) is 10.2 Å². The number of fused-ring (bicyclic) bond motifs is 1. The van der Waals surface area contributed by atoms with Crippen molar-refractivity contribution in [3.8, 4) is 0 Å². The first-order valence-corrected chi connectivity index (χ1v) is 10.3. The van der Waals surface area contributed by atoms with Crippen molar-refractivity contribution in [2.45, 2.75) is 26.6 Å². The first-order chi connectivity index (χ1) is 12.6. The Morgan fingerprint density at radius 3 is 2.88 bits per heavy atom. The molecule has 0 amide bonds. The number of hydrogen-bond donors (Lipinski definition) is 1. The molecular weight excluding hydrogens is 386 g/mol. The van der Waals surface area contributed by atoms with Gasteiger partial charge in [0, 0.05) is 5.38 Å². The van der Waals surface area contributed by atoms with E-state index in [9.17, 15) is 0 Å². The van der Waals surface area contributed by atoms with Gasteiger partial charge < -0.3 is 9.32 Å². The standard InChI is InChI=1S/C17H17N5OS3/c1-11-18-12(9-25-11)7-15-20-22(17(24)23-15)10-21(2)8-16-19-13-5-3-4-6-14(13)26-16/h3-6,9H,7-8,10H2,1-2H3/p+1. The van der Waals surface area contributed by atoms with E-state index in [0.29, 0.717) is 23.8 Å². The summed E-state index contributed by atoms with van der Waals surface area (Å²) in [5.41, 5.74) is 2.02. The van der Waals surface area contributed by atoms with Crippen LogP contribution in [0.4, 0.5) is 0 Å². The van der Waals surface area contributed by atoms with Crippen LogP contribution in [0, 0.1) is 11.8 Å². The van der Waals surface area contributed by atoms with E-state index in [1.807, 2.05) is 30.5 Å². The lowest BCUT2D eigenvalue weighted by molar-refractivity contribution is -0.917. The zero-order valence-electron chi connectivity index (χ0n) is 14.4. The Kier molecular flexibility index (Phi) is 4.94. The topological polar surface area (TPSA) is 61.2 Å². The molecule has 0 radical (unpaired) electrons. The summed E-state index contributed by atoms with van der Waals surface area (Å²) in [5, 5.41) is 8.68. The molecule has 26 heavy (non-hydrogen) atoms. The molecule has 0 aliphatic rings. The Hall–Kier alpha value is -1.94. The van der Waals surface area contributed by atoms with Crippen LogP contribution in [-0.2, 0) is 19.6 Å². The van der Waals surface area contributed by atoms with E-state index in [-0.39, 0.29) is 0 Å². The molecule has 3 aromatic heterocycles. The third-order valence-corrected chi connectivity index (χ3v) is 6.01. The molecule has 4 rings (SSSR count). The SMILES string of the molecule is Cc1nc(Cc2nn(C[NH+](C)Cc3nc4ccccc4s3)c(=S)o2)cs1. The van der Waals surface area contributed by atoms with Gasteiger partial charge in [-0.15, -0.1) is 27.8 Å². The zero-order valence-corrected chi connectivity index (χ0v) is 16.9. The molecule has 0 fully saturated rings. The van der Waals surface area contributed by atoms with Gasteiger partial charge in [0.15, 0.2) is 6.67 Å². The summed E-state index contributed by atoms with van der Waals surface area (Å²) in [4.78, 5) is 10.8. The van der Waals surface area contributed by atoms with E-state index in [0.717, 1.165) is 27.8 Å². The van der Waals surface area contributed by atoms with Gasteiger partial charge in [-0.2, -0.15) is 4.68 Å². The van der Waals surface area contributed by atoms with Crippen LogP contribution in [0.1, 0.15) is 21.6 Å². The van der Waals surface area contributed by atoms with Crippen LogP contribution in [-0.4, -0.2) is 26.8 Å². The molecule has 0 spiro atoms. The predicted molar refractivity (Wildman–Crippen MR) is 105 cm³/mol. The maximum atomic E-state index is 5.63. The highest BCUT2D eigenvalue weighted by Crippen LogP contribution is 2.20. The van der Waals surface area contributed by atoms with E-state index in [1.54, 1.807) is 27.4 Å². The predicted octanol–water partition coefficient (Wildman–Crippen LogP) is 2.84. The molecule has 0 saturated heterocycles. The van der Waals surface area contributed by atoms with Crippen LogP contribution in [0.3, 0.4) is 0 Å². The maximum Gasteiger partial charge on any atom is 0.291 e. The molecule has 6 nitrogen and oxygen atoms in total. The molecule has 0 aliphatic heterocycles. The minimum Gasteiger partial charge on any atom is -0.413 e. The molecule has 1 unspecified atom stereocenters. The molecule has 0 bridgehead atoms. The fourth-order valence-corrected chi connectivity index (χ4v) is 4.63. The molecule has 0 saturated carbocycles. The fourth-order valence-electron chi connectivity index (χ4n) is 2.73. The Bertz CT molecular complexity index is 1060. The number of nitrogens with one attached hydrogen (secondary N) is 1. The van der Waals surface area contributed by atoms with Gasteiger partial charge in [-0.1, -0.05) is 12.1 Å². The largest absolute Gasteiger partial charge is 0.413 e. The van der Waals surface area contributed by atoms with Gasteiger partial charge in [0.25, 0.3) is 4.84 Å². The number of rotatable bonds is 6. The first-order valence-electron chi connectivity index (χ1n) is 8.20. The van der Waals surface area contributed by atoms with Gasteiger partial charge in [0.05, 0.1) is 34.4 Å². The second-order valence-electron chi connectivity index (χ2n) is 6.16. The molecule has 3 heterocycles. The number of aryl methyl sites for hydroxylation is 1. The van der Waals surface area contributed by atoms with Crippen molar-refractivity contribution in [3.05, 3.63) is 56.1 Å². The Balaban J connectivity index is 1.43. The Labute approximate surface area is 163 Å². The lowest BCUT2D eigenvalue weighted by Crippen LogP contribution is -3.07. The van der Waals surface area contributed by atoms with E-state index in [4.69, 9.17) is 21.6 Å². The summed E-state index contributed by atoms with van der Waals surface area (Å²) in [5.74, 6) is 0.605. The number of aromatic nitrogens is 4. The van der Waals surface area contributed by atoms with E-state index in [2.05, 4.69) is 23.2 Å². The van der Waals surface area contributed by atoms with Gasteiger partial charge in [0.1, 0.15) is 11.6 Å². The average molecular weight is 405 g/mol. The molecule has 0 aliphatic carbocycles. The normalized spacial score (nSPS) is 12.7. The quantitative estimate of drug-likeness (QED) is 0.501. The van der Waals surface area contributed by atoms with Gasteiger partial charge in [-0.05, 0) is 31.3 Å². The van der Waals surface area contributed by atoms with Crippen LogP contribution in [0.2, 0.25) is 0 Å². The van der Waals surface area contributed by atoms with Crippen molar-refractivity contribution in [3.63, 3.8) is 0 Å². The van der Waals surface area contributed by atoms with Gasteiger partial charge in [0.2, 0.25) is 5.89 Å². The highest BCUT2D eigenvalue weighted by Gasteiger charge is 2.14. The van der Waals surface area contributed by atoms with Crippen LogP contribution in [0.15, 0.2) is 34.1 Å². The fraction of sp³-hybridized carbons (Fsp3) is 0.294. The van der Waals surface area contributed by atoms with E-state index >= 15 is 0 Å². The number of hydrogen-bond acceptors (Lipinski definition) is 7. The van der Waals surface area contributed by atoms with Gasteiger partial charge in [-0.25, -0.2) is 9.97 Å². The smallest absolute Gasteiger partial charge is 0.291 e. The highest BCUT2D eigenvalue weighted by molar-refractivity contribution is 7.71. The molecule has 1 atom stereocenters. The number of nitrogens with zero attached hydrogens (tertiary/aromatic N) is 4. The van der Waals surface area contributed by atoms with Gasteiger partial charge in [-0.3, -0.25) is 0 Å². The molecule has 1 aromatic carbocycles. The van der Waals surface area contributed by atoms with Crippen molar-refractivity contribution in [1.29, 1.82) is 0 Å². The summed E-state index contributed by atoms with van der Waals surface area (Å²) in [6.07, 6.45) is 0.567. The molecule has 9 heteroatoms. The molecule has 4 aromatic rings.